The van der Waals surface area contributed by atoms with Crippen molar-refractivity contribution < 1.29 is 14.3 Å². The van der Waals surface area contributed by atoms with Crippen molar-refractivity contribution in [3.63, 3.8) is 0 Å². The lowest BCUT2D eigenvalue weighted by atomic mass is 9.98. The van der Waals surface area contributed by atoms with E-state index in [9.17, 15) is 9.59 Å². The number of rotatable bonds is 4. The van der Waals surface area contributed by atoms with Crippen molar-refractivity contribution in [1.82, 2.24) is 0 Å². The summed E-state index contributed by atoms with van der Waals surface area (Å²) in [6.45, 7) is 7.30. The van der Waals surface area contributed by atoms with E-state index in [1.54, 1.807) is 32.9 Å². The molecule has 1 N–H and O–H groups in total. The molecule has 0 saturated carbocycles. The van der Waals surface area contributed by atoms with Gasteiger partial charge in [-0.25, -0.2) is 4.79 Å². The smallest absolute Gasteiger partial charge is 0.412 e. The molecule has 1 rings (SSSR count). The van der Waals surface area contributed by atoms with Gasteiger partial charge >= 0.3 is 6.09 Å². The third-order valence-electron chi connectivity index (χ3n) is 2.64. The first-order chi connectivity index (χ1) is 9.23. The highest BCUT2D eigenvalue weighted by atomic mass is 35.5. The van der Waals surface area contributed by atoms with Crippen LogP contribution in [0.25, 0.3) is 0 Å². The molecule has 1 unspecified atom stereocenters. The molecule has 0 spiro atoms. The fourth-order valence-electron chi connectivity index (χ4n) is 1.64. The van der Waals surface area contributed by atoms with Gasteiger partial charge in [0.25, 0.3) is 0 Å². The minimum absolute atomic E-state index is 0.0731. The molecule has 0 aliphatic carbocycles. The lowest BCUT2D eigenvalue weighted by molar-refractivity contribution is -0.108. The lowest BCUT2D eigenvalue weighted by Crippen LogP contribution is -2.27. The average Bonchev–Trinajstić information content (AvgIpc) is 2.29. The molecule has 1 aromatic carbocycles. The zero-order valence-corrected chi connectivity index (χ0v) is 13.0. The molecule has 0 fully saturated rings. The molecule has 0 heterocycles. The van der Waals surface area contributed by atoms with E-state index in [-0.39, 0.29) is 5.92 Å². The molecule has 5 heteroatoms. The van der Waals surface area contributed by atoms with Gasteiger partial charge in [-0.15, -0.1) is 0 Å². The number of nitrogens with one attached hydrogen (secondary N) is 1. The Bertz CT molecular complexity index is 494. The number of benzene rings is 1. The molecule has 0 aliphatic heterocycles. The Balaban J connectivity index is 2.86. The van der Waals surface area contributed by atoms with Crippen molar-refractivity contribution in [2.75, 3.05) is 5.32 Å². The van der Waals surface area contributed by atoms with Crippen LogP contribution in [-0.2, 0) is 9.53 Å². The highest BCUT2D eigenvalue weighted by Crippen LogP contribution is 2.28. The van der Waals surface area contributed by atoms with Gasteiger partial charge in [-0.2, -0.15) is 0 Å². The Hall–Kier alpha value is -1.55. The minimum Gasteiger partial charge on any atom is -0.444 e. The third kappa shape index (κ3) is 5.21. The van der Waals surface area contributed by atoms with Crippen LogP contribution in [0.1, 0.15) is 45.6 Å². The summed E-state index contributed by atoms with van der Waals surface area (Å²) >= 11 is 6.05. The van der Waals surface area contributed by atoms with E-state index in [1.807, 2.05) is 13.0 Å². The van der Waals surface area contributed by atoms with Crippen molar-refractivity contribution in [3.05, 3.63) is 28.8 Å². The highest BCUT2D eigenvalue weighted by Gasteiger charge is 2.17. The topological polar surface area (TPSA) is 55.4 Å². The Morgan fingerprint density at radius 1 is 1.45 bits per heavy atom. The lowest BCUT2D eigenvalue weighted by Gasteiger charge is -2.20. The molecule has 0 saturated heterocycles. The van der Waals surface area contributed by atoms with E-state index < -0.39 is 11.7 Å². The summed E-state index contributed by atoms with van der Waals surface area (Å²) < 4.78 is 5.18. The predicted octanol–water partition coefficient (Wildman–Crippen LogP) is 4.38. The van der Waals surface area contributed by atoms with Gasteiger partial charge in [0.15, 0.2) is 0 Å². The monoisotopic (exact) mass is 297 g/mol. The number of anilines is 1. The van der Waals surface area contributed by atoms with Crippen LogP contribution in [-0.4, -0.2) is 18.0 Å². The molecule has 1 atom stereocenters. The Labute approximate surface area is 124 Å². The first-order valence-corrected chi connectivity index (χ1v) is 6.84. The SMILES string of the molecule is CC(CC=O)c1ccc(Cl)c(NC(=O)OC(C)(C)C)c1. The van der Waals surface area contributed by atoms with Gasteiger partial charge in [-0.1, -0.05) is 24.6 Å². The summed E-state index contributed by atoms with van der Waals surface area (Å²) in [5, 5.41) is 3.05. The van der Waals surface area contributed by atoms with E-state index in [0.29, 0.717) is 17.1 Å². The van der Waals surface area contributed by atoms with Crippen LogP contribution in [0.4, 0.5) is 10.5 Å². The van der Waals surface area contributed by atoms with Gasteiger partial charge in [-0.05, 0) is 44.4 Å². The van der Waals surface area contributed by atoms with Gasteiger partial charge in [0.05, 0.1) is 10.7 Å². The number of halogens is 1. The van der Waals surface area contributed by atoms with Gasteiger partial charge in [0.1, 0.15) is 11.9 Å². The van der Waals surface area contributed by atoms with Gasteiger partial charge in [0, 0.05) is 6.42 Å². The number of ether oxygens (including phenoxy) is 1. The van der Waals surface area contributed by atoms with Crippen molar-refractivity contribution in [1.29, 1.82) is 0 Å². The van der Waals surface area contributed by atoms with Crippen LogP contribution in [0.3, 0.4) is 0 Å². The number of carbonyl (C=O) groups is 2. The van der Waals surface area contributed by atoms with Crippen LogP contribution >= 0.6 is 11.6 Å². The minimum atomic E-state index is -0.570. The molecule has 1 amide bonds. The quantitative estimate of drug-likeness (QED) is 0.839. The van der Waals surface area contributed by atoms with Crippen molar-refractivity contribution in [2.45, 2.75) is 45.6 Å². The Morgan fingerprint density at radius 3 is 2.65 bits per heavy atom. The van der Waals surface area contributed by atoms with E-state index in [0.717, 1.165) is 11.8 Å². The maximum atomic E-state index is 11.7. The Morgan fingerprint density at radius 2 is 2.10 bits per heavy atom. The standard InChI is InChI=1S/C15H20ClNO3/c1-10(7-8-18)11-5-6-12(16)13(9-11)17-14(19)20-15(2,3)4/h5-6,8-10H,7H2,1-4H3,(H,17,19). The average molecular weight is 298 g/mol. The molecule has 0 aromatic heterocycles. The number of hydrogen-bond acceptors (Lipinski definition) is 3. The highest BCUT2D eigenvalue weighted by molar-refractivity contribution is 6.33. The molecule has 0 radical (unpaired) electrons. The third-order valence-corrected chi connectivity index (χ3v) is 2.97. The van der Waals surface area contributed by atoms with Crippen LogP contribution in [0.2, 0.25) is 5.02 Å². The number of aldehydes is 1. The van der Waals surface area contributed by atoms with Crippen LogP contribution in [0, 0.1) is 0 Å². The number of hydrogen-bond donors (Lipinski definition) is 1. The van der Waals surface area contributed by atoms with E-state index in [4.69, 9.17) is 16.3 Å². The molecular formula is C15H20ClNO3. The molecule has 1 aromatic rings. The maximum Gasteiger partial charge on any atom is 0.412 e. The van der Waals surface area contributed by atoms with Crippen LogP contribution in [0.15, 0.2) is 18.2 Å². The number of amides is 1. The summed E-state index contributed by atoms with van der Waals surface area (Å²) in [6.07, 6.45) is 0.743. The molecular weight excluding hydrogens is 278 g/mol. The summed E-state index contributed by atoms with van der Waals surface area (Å²) in [6, 6.07) is 5.31. The van der Waals surface area contributed by atoms with Crippen LogP contribution in [0.5, 0.6) is 0 Å². The Kier molecular flexibility index (Phi) is 5.57. The zero-order chi connectivity index (χ0) is 15.3. The van der Waals surface area contributed by atoms with Crippen molar-refractivity contribution >= 4 is 29.7 Å². The molecule has 110 valence electrons. The van der Waals surface area contributed by atoms with E-state index >= 15 is 0 Å². The second kappa shape index (κ2) is 6.75. The number of carbonyl (C=O) groups excluding carboxylic acids is 2. The van der Waals surface area contributed by atoms with E-state index in [2.05, 4.69) is 5.32 Å². The summed E-state index contributed by atoms with van der Waals surface area (Å²) in [5.74, 6) is 0.0731. The molecule has 0 aliphatic rings. The second-order valence-corrected chi connectivity index (χ2v) is 6.08. The molecule has 20 heavy (non-hydrogen) atoms. The second-order valence-electron chi connectivity index (χ2n) is 5.67. The van der Waals surface area contributed by atoms with Crippen LogP contribution < -0.4 is 5.32 Å². The fourth-order valence-corrected chi connectivity index (χ4v) is 1.80. The van der Waals surface area contributed by atoms with Crippen molar-refractivity contribution in [3.8, 4) is 0 Å². The summed E-state index contributed by atoms with van der Waals surface area (Å²) in [7, 11) is 0. The van der Waals surface area contributed by atoms with E-state index in [1.165, 1.54) is 0 Å². The summed E-state index contributed by atoms with van der Waals surface area (Å²) in [5.41, 5.74) is 0.850. The fraction of sp³-hybridized carbons (Fsp3) is 0.467. The molecule has 4 nitrogen and oxygen atoms in total. The molecule has 0 bridgehead atoms. The van der Waals surface area contributed by atoms with Gasteiger partial charge < -0.3 is 9.53 Å². The maximum absolute atomic E-state index is 11.7. The first kappa shape index (κ1) is 16.5. The first-order valence-electron chi connectivity index (χ1n) is 6.46. The van der Waals surface area contributed by atoms with Gasteiger partial charge in [0.2, 0.25) is 0 Å². The zero-order valence-electron chi connectivity index (χ0n) is 12.2. The predicted molar refractivity (Wildman–Crippen MR) is 80.4 cm³/mol. The largest absolute Gasteiger partial charge is 0.444 e. The van der Waals surface area contributed by atoms with Crippen molar-refractivity contribution in [2.24, 2.45) is 0 Å². The summed E-state index contributed by atoms with van der Waals surface area (Å²) in [4.78, 5) is 22.3. The van der Waals surface area contributed by atoms with Gasteiger partial charge in [-0.3, -0.25) is 5.32 Å². The normalized spacial score (nSPS) is 12.7.